The number of aryl methyl sites for hydroxylation is 1. The molecule has 2 nitrogen and oxygen atoms in total. The summed E-state index contributed by atoms with van der Waals surface area (Å²) in [6.45, 7) is 3.82. The Morgan fingerprint density at radius 2 is 2.08 bits per heavy atom. The highest BCUT2D eigenvalue weighted by molar-refractivity contribution is 6.29. The van der Waals surface area contributed by atoms with Gasteiger partial charge in [-0.1, -0.05) is 11.6 Å². The molecule has 0 aliphatic rings. The first kappa shape index (κ1) is 11.7. The fourth-order valence-corrected chi connectivity index (χ4v) is 1.18. The van der Waals surface area contributed by atoms with Gasteiger partial charge in [0.15, 0.2) is 0 Å². The predicted molar refractivity (Wildman–Crippen MR) is 53.8 cm³/mol. The number of hydrogen-bond donors (Lipinski definition) is 1. The number of pyridine rings is 1. The maximum atomic E-state index is 5.73. The highest BCUT2D eigenvalue weighted by atomic mass is 35.5. The van der Waals surface area contributed by atoms with Crippen LogP contribution >= 0.6 is 24.0 Å². The molecule has 2 N–H and O–H groups in total. The van der Waals surface area contributed by atoms with Gasteiger partial charge in [0.2, 0.25) is 0 Å². The number of halogens is 2. The standard InChI is InChI=1S/C8H11ClN2.ClH/c1-5-3-7(6(2)10)4-8(9)11-5;/h3-4,6H,10H2,1-2H3;1H. The van der Waals surface area contributed by atoms with Crippen LogP contribution in [0.5, 0.6) is 0 Å². The van der Waals surface area contributed by atoms with Gasteiger partial charge in [-0.3, -0.25) is 0 Å². The van der Waals surface area contributed by atoms with Crippen molar-refractivity contribution >= 4 is 24.0 Å². The van der Waals surface area contributed by atoms with Crippen LogP contribution in [0.4, 0.5) is 0 Å². The summed E-state index contributed by atoms with van der Waals surface area (Å²) in [6.07, 6.45) is 0. The molecule has 0 saturated heterocycles. The Bertz CT molecular complexity index is 241. The molecular formula is C8H12Cl2N2. The van der Waals surface area contributed by atoms with E-state index in [-0.39, 0.29) is 18.4 Å². The van der Waals surface area contributed by atoms with Gasteiger partial charge in [-0.25, -0.2) is 4.98 Å². The van der Waals surface area contributed by atoms with Crippen molar-refractivity contribution in [2.45, 2.75) is 19.9 Å². The van der Waals surface area contributed by atoms with E-state index < -0.39 is 0 Å². The number of rotatable bonds is 1. The molecule has 0 bridgehead atoms. The van der Waals surface area contributed by atoms with Crippen LogP contribution in [0.2, 0.25) is 5.15 Å². The zero-order chi connectivity index (χ0) is 8.43. The number of nitrogens with zero attached hydrogens (tertiary/aromatic N) is 1. The van der Waals surface area contributed by atoms with Crippen molar-refractivity contribution < 1.29 is 0 Å². The van der Waals surface area contributed by atoms with Crippen LogP contribution in [0.1, 0.15) is 24.2 Å². The summed E-state index contributed by atoms with van der Waals surface area (Å²) in [5, 5.41) is 0.511. The molecule has 1 aromatic rings. The van der Waals surface area contributed by atoms with Crippen molar-refractivity contribution in [2.75, 3.05) is 0 Å². The molecular weight excluding hydrogens is 195 g/mol. The first-order valence-corrected chi connectivity index (χ1v) is 3.87. The summed E-state index contributed by atoms with van der Waals surface area (Å²) < 4.78 is 0. The Hall–Kier alpha value is -0.310. The zero-order valence-corrected chi connectivity index (χ0v) is 8.62. The highest BCUT2D eigenvalue weighted by Crippen LogP contribution is 2.14. The molecule has 0 saturated carbocycles. The average Bonchev–Trinajstić information content (AvgIpc) is 1.85. The normalized spacial score (nSPS) is 12.0. The van der Waals surface area contributed by atoms with Crippen LogP contribution in [0.15, 0.2) is 12.1 Å². The molecule has 0 spiro atoms. The molecule has 12 heavy (non-hydrogen) atoms. The Kier molecular flexibility index (Phi) is 4.53. The summed E-state index contributed by atoms with van der Waals surface area (Å²) in [5.41, 5.74) is 7.60. The lowest BCUT2D eigenvalue weighted by molar-refractivity contribution is 0.813. The van der Waals surface area contributed by atoms with Crippen molar-refractivity contribution in [3.8, 4) is 0 Å². The van der Waals surface area contributed by atoms with Crippen LogP contribution in [-0.4, -0.2) is 4.98 Å². The molecule has 68 valence electrons. The fraction of sp³-hybridized carbons (Fsp3) is 0.375. The lowest BCUT2D eigenvalue weighted by atomic mass is 10.1. The van der Waals surface area contributed by atoms with E-state index in [0.29, 0.717) is 5.15 Å². The topological polar surface area (TPSA) is 38.9 Å². The second-order valence-corrected chi connectivity index (χ2v) is 3.04. The Morgan fingerprint density at radius 3 is 2.50 bits per heavy atom. The summed E-state index contributed by atoms with van der Waals surface area (Å²) in [5.74, 6) is 0. The SMILES string of the molecule is Cc1cc(C(C)N)cc(Cl)n1.Cl. The number of aromatic nitrogens is 1. The van der Waals surface area contributed by atoms with Gasteiger partial charge >= 0.3 is 0 Å². The molecule has 1 aromatic heterocycles. The van der Waals surface area contributed by atoms with E-state index in [0.717, 1.165) is 11.3 Å². The largest absolute Gasteiger partial charge is 0.324 e. The summed E-state index contributed by atoms with van der Waals surface area (Å²) in [7, 11) is 0. The molecule has 0 radical (unpaired) electrons. The third-order valence-corrected chi connectivity index (χ3v) is 1.66. The predicted octanol–water partition coefficient (Wildman–Crippen LogP) is 2.48. The Labute approximate surface area is 83.5 Å². The second-order valence-electron chi connectivity index (χ2n) is 2.65. The number of nitrogens with two attached hydrogens (primary N) is 1. The summed E-state index contributed by atoms with van der Waals surface area (Å²) in [4.78, 5) is 4.03. The summed E-state index contributed by atoms with van der Waals surface area (Å²) >= 11 is 5.73. The minimum absolute atomic E-state index is 0. The molecule has 0 aliphatic heterocycles. The van der Waals surface area contributed by atoms with Crippen molar-refractivity contribution in [1.29, 1.82) is 0 Å². The third kappa shape index (κ3) is 2.97. The van der Waals surface area contributed by atoms with Gasteiger partial charge in [0.05, 0.1) is 0 Å². The van der Waals surface area contributed by atoms with Gasteiger partial charge in [0, 0.05) is 11.7 Å². The molecule has 1 heterocycles. The number of hydrogen-bond acceptors (Lipinski definition) is 2. The Balaban J connectivity index is 0.00000121. The summed E-state index contributed by atoms with van der Waals surface area (Å²) in [6, 6.07) is 3.75. The molecule has 0 aromatic carbocycles. The molecule has 4 heteroatoms. The molecule has 0 amide bonds. The fourth-order valence-electron chi connectivity index (χ4n) is 0.916. The van der Waals surface area contributed by atoms with Gasteiger partial charge in [-0.05, 0) is 31.5 Å². The minimum Gasteiger partial charge on any atom is -0.324 e. The van der Waals surface area contributed by atoms with Gasteiger partial charge < -0.3 is 5.73 Å². The van der Waals surface area contributed by atoms with Crippen molar-refractivity contribution in [3.63, 3.8) is 0 Å². The van der Waals surface area contributed by atoms with Crippen LogP contribution in [0.25, 0.3) is 0 Å². The van der Waals surface area contributed by atoms with Crippen molar-refractivity contribution in [2.24, 2.45) is 5.73 Å². The third-order valence-electron chi connectivity index (χ3n) is 1.47. The van der Waals surface area contributed by atoms with Gasteiger partial charge in [-0.2, -0.15) is 0 Å². The van der Waals surface area contributed by atoms with Crippen molar-refractivity contribution in [3.05, 3.63) is 28.5 Å². The molecule has 0 fully saturated rings. The zero-order valence-electron chi connectivity index (χ0n) is 7.04. The maximum absolute atomic E-state index is 5.73. The van der Waals surface area contributed by atoms with Crippen LogP contribution in [0, 0.1) is 6.92 Å². The van der Waals surface area contributed by atoms with E-state index in [1.54, 1.807) is 6.07 Å². The first-order chi connectivity index (χ1) is 5.09. The van der Waals surface area contributed by atoms with E-state index >= 15 is 0 Å². The van der Waals surface area contributed by atoms with E-state index in [9.17, 15) is 0 Å². The molecule has 1 atom stereocenters. The lowest BCUT2D eigenvalue weighted by Crippen LogP contribution is -2.05. The van der Waals surface area contributed by atoms with E-state index in [1.165, 1.54) is 0 Å². The smallest absolute Gasteiger partial charge is 0.129 e. The van der Waals surface area contributed by atoms with E-state index in [1.807, 2.05) is 19.9 Å². The maximum Gasteiger partial charge on any atom is 0.129 e. The highest BCUT2D eigenvalue weighted by Gasteiger charge is 2.01. The van der Waals surface area contributed by atoms with Gasteiger partial charge in [-0.15, -0.1) is 12.4 Å². The monoisotopic (exact) mass is 206 g/mol. The second kappa shape index (κ2) is 4.65. The Morgan fingerprint density at radius 1 is 1.50 bits per heavy atom. The minimum atomic E-state index is 0. The van der Waals surface area contributed by atoms with E-state index in [4.69, 9.17) is 17.3 Å². The van der Waals surface area contributed by atoms with Crippen LogP contribution in [-0.2, 0) is 0 Å². The molecule has 1 unspecified atom stereocenters. The first-order valence-electron chi connectivity index (χ1n) is 3.49. The van der Waals surface area contributed by atoms with Crippen molar-refractivity contribution in [1.82, 2.24) is 4.98 Å². The lowest BCUT2D eigenvalue weighted by Gasteiger charge is -2.05. The van der Waals surface area contributed by atoms with E-state index in [2.05, 4.69) is 4.98 Å². The van der Waals surface area contributed by atoms with Gasteiger partial charge in [0.1, 0.15) is 5.15 Å². The van der Waals surface area contributed by atoms with Crippen LogP contribution < -0.4 is 5.73 Å². The quantitative estimate of drug-likeness (QED) is 0.718. The molecule has 0 aliphatic carbocycles. The van der Waals surface area contributed by atoms with Crippen LogP contribution in [0.3, 0.4) is 0 Å². The van der Waals surface area contributed by atoms with Gasteiger partial charge in [0.25, 0.3) is 0 Å². The average molecular weight is 207 g/mol. The molecule has 1 rings (SSSR count).